The fraction of sp³-hybridized carbons (Fsp3) is 0.250. The minimum atomic E-state index is -3.54. The predicted molar refractivity (Wildman–Crippen MR) is 40.8 cm³/mol. The lowest BCUT2D eigenvalue weighted by molar-refractivity contribution is -0.0572. The molecule has 0 atom stereocenters. The Bertz CT molecular complexity index is 312. The molecule has 0 amide bonds. The van der Waals surface area contributed by atoms with Crippen molar-refractivity contribution < 1.29 is 24.1 Å². The van der Waals surface area contributed by atoms with Crippen LogP contribution in [0.25, 0.3) is 0 Å². The minimum absolute atomic E-state index is 0.388. The Hall–Kier alpha value is -1.36. The van der Waals surface area contributed by atoms with Crippen LogP contribution < -0.4 is 0 Å². The quantitative estimate of drug-likeness (QED) is 0.613. The Kier molecular flexibility index (Phi) is 2.38. The van der Waals surface area contributed by atoms with E-state index >= 15 is 0 Å². The smallest absolute Gasteiger partial charge is 0.299 e. The van der Waals surface area contributed by atoms with E-state index in [0.29, 0.717) is 6.07 Å². The van der Waals surface area contributed by atoms with Gasteiger partial charge in [-0.25, -0.2) is 0 Å². The molecule has 0 saturated heterocycles. The van der Waals surface area contributed by atoms with Gasteiger partial charge in [-0.3, -0.25) is 0 Å². The maximum absolute atomic E-state index is 12.8. The zero-order valence-corrected chi connectivity index (χ0v) is 6.54. The van der Waals surface area contributed by atoms with Crippen LogP contribution in [0.1, 0.15) is 5.56 Å². The van der Waals surface area contributed by atoms with Gasteiger partial charge < -0.3 is 15.3 Å². The number of hydrogen-bond donors (Lipinski definition) is 3. The van der Waals surface area contributed by atoms with Crippen LogP contribution in [0.3, 0.4) is 0 Å². The van der Waals surface area contributed by atoms with Crippen molar-refractivity contribution in [3.63, 3.8) is 0 Å². The molecule has 3 nitrogen and oxygen atoms in total. The van der Waals surface area contributed by atoms with Crippen LogP contribution in [0.15, 0.2) is 18.2 Å². The summed E-state index contributed by atoms with van der Waals surface area (Å²) in [5, 5.41) is 26.2. The number of aliphatic hydroxyl groups is 1. The van der Waals surface area contributed by atoms with Crippen LogP contribution in [0, 0.1) is 0 Å². The van der Waals surface area contributed by atoms with Gasteiger partial charge in [0.2, 0.25) is 0 Å². The minimum Gasteiger partial charge on any atom is -0.508 e. The van der Waals surface area contributed by atoms with E-state index < -0.39 is 23.8 Å². The maximum Gasteiger partial charge on any atom is 0.299 e. The number of alkyl halides is 2. The van der Waals surface area contributed by atoms with Gasteiger partial charge in [0.1, 0.15) is 18.1 Å². The van der Waals surface area contributed by atoms with Crippen molar-refractivity contribution >= 4 is 0 Å². The second-order valence-corrected chi connectivity index (χ2v) is 2.56. The van der Waals surface area contributed by atoms with Crippen molar-refractivity contribution in [2.45, 2.75) is 5.92 Å². The fourth-order valence-corrected chi connectivity index (χ4v) is 0.902. The first-order chi connectivity index (χ1) is 5.97. The van der Waals surface area contributed by atoms with Crippen molar-refractivity contribution in [3.8, 4) is 11.5 Å². The monoisotopic (exact) mass is 190 g/mol. The molecule has 1 aromatic rings. The van der Waals surface area contributed by atoms with E-state index in [1.54, 1.807) is 0 Å². The molecule has 0 saturated carbocycles. The SMILES string of the molecule is OCC(F)(F)c1cc(O)ccc1O. The summed E-state index contributed by atoms with van der Waals surface area (Å²) < 4.78 is 25.6. The lowest BCUT2D eigenvalue weighted by atomic mass is 10.1. The summed E-state index contributed by atoms with van der Waals surface area (Å²) in [5.41, 5.74) is -0.782. The van der Waals surface area contributed by atoms with Gasteiger partial charge in [-0.05, 0) is 18.2 Å². The van der Waals surface area contributed by atoms with E-state index in [9.17, 15) is 8.78 Å². The largest absolute Gasteiger partial charge is 0.508 e. The summed E-state index contributed by atoms with van der Waals surface area (Å²) in [4.78, 5) is 0. The lowest BCUT2D eigenvalue weighted by Crippen LogP contribution is -2.18. The molecule has 0 aliphatic carbocycles. The van der Waals surface area contributed by atoms with Gasteiger partial charge in [0.05, 0.1) is 5.56 Å². The average molecular weight is 190 g/mol. The highest BCUT2D eigenvalue weighted by Gasteiger charge is 2.33. The number of phenolic OH excluding ortho intramolecular Hbond substituents is 2. The van der Waals surface area contributed by atoms with Crippen LogP contribution in [0.5, 0.6) is 11.5 Å². The maximum atomic E-state index is 12.8. The fourth-order valence-electron chi connectivity index (χ4n) is 0.902. The zero-order valence-electron chi connectivity index (χ0n) is 6.54. The van der Waals surface area contributed by atoms with Gasteiger partial charge in [0.25, 0.3) is 5.92 Å². The molecule has 13 heavy (non-hydrogen) atoms. The number of benzene rings is 1. The number of rotatable bonds is 2. The van der Waals surface area contributed by atoms with Gasteiger partial charge in [-0.15, -0.1) is 0 Å². The summed E-state index contributed by atoms with van der Waals surface area (Å²) in [6.45, 7) is -1.41. The van der Waals surface area contributed by atoms with Crippen molar-refractivity contribution in [3.05, 3.63) is 23.8 Å². The van der Waals surface area contributed by atoms with Gasteiger partial charge in [0, 0.05) is 0 Å². The Morgan fingerprint density at radius 1 is 1.23 bits per heavy atom. The van der Waals surface area contributed by atoms with E-state index in [-0.39, 0.29) is 5.75 Å². The van der Waals surface area contributed by atoms with Crippen LogP contribution in [0.2, 0.25) is 0 Å². The number of halogens is 2. The molecule has 0 aromatic heterocycles. The second kappa shape index (κ2) is 3.18. The third kappa shape index (κ3) is 1.86. The summed E-state index contributed by atoms with van der Waals surface area (Å²) in [5.74, 6) is -4.58. The summed E-state index contributed by atoms with van der Waals surface area (Å²) in [6.07, 6.45) is 0. The molecular formula is C8H8F2O3. The van der Waals surface area contributed by atoms with Gasteiger partial charge in [-0.2, -0.15) is 8.78 Å². The molecule has 0 aliphatic heterocycles. The second-order valence-electron chi connectivity index (χ2n) is 2.56. The van der Waals surface area contributed by atoms with Crippen LogP contribution in [-0.4, -0.2) is 21.9 Å². The number of aliphatic hydroxyl groups excluding tert-OH is 1. The molecular weight excluding hydrogens is 182 g/mol. The van der Waals surface area contributed by atoms with Crippen molar-refractivity contribution in [2.24, 2.45) is 0 Å². The highest BCUT2D eigenvalue weighted by atomic mass is 19.3. The summed E-state index contributed by atoms with van der Waals surface area (Å²) in [6, 6.07) is 2.73. The highest BCUT2D eigenvalue weighted by molar-refractivity contribution is 5.41. The Labute approximate surface area is 72.9 Å². The Balaban J connectivity index is 3.20. The van der Waals surface area contributed by atoms with E-state index in [1.165, 1.54) is 0 Å². The molecule has 0 fully saturated rings. The summed E-state index contributed by atoms with van der Waals surface area (Å²) in [7, 11) is 0. The van der Waals surface area contributed by atoms with Gasteiger partial charge >= 0.3 is 0 Å². The molecule has 0 aliphatic rings. The number of hydrogen-bond acceptors (Lipinski definition) is 3. The molecule has 72 valence electrons. The molecule has 0 spiro atoms. The molecule has 0 heterocycles. The van der Waals surface area contributed by atoms with E-state index in [4.69, 9.17) is 15.3 Å². The average Bonchev–Trinajstić information content (AvgIpc) is 2.09. The molecule has 0 unspecified atom stereocenters. The first-order valence-corrected chi connectivity index (χ1v) is 3.48. The first kappa shape index (κ1) is 9.73. The molecule has 1 aromatic carbocycles. The molecule has 0 bridgehead atoms. The van der Waals surface area contributed by atoms with E-state index in [0.717, 1.165) is 12.1 Å². The molecule has 5 heteroatoms. The third-order valence-electron chi connectivity index (χ3n) is 1.57. The van der Waals surface area contributed by atoms with Crippen molar-refractivity contribution in [2.75, 3.05) is 6.61 Å². The molecule has 1 rings (SSSR count). The summed E-state index contributed by atoms with van der Waals surface area (Å²) >= 11 is 0. The van der Waals surface area contributed by atoms with Gasteiger partial charge in [0.15, 0.2) is 0 Å². The first-order valence-electron chi connectivity index (χ1n) is 3.48. The van der Waals surface area contributed by atoms with E-state index in [1.807, 2.05) is 0 Å². The van der Waals surface area contributed by atoms with Crippen molar-refractivity contribution in [1.82, 2.24) is 0 Å². The number of phenols is 2. The van der Waals surface area contributed by atoms with Crippen LogP contribution >= 0.6 is 0 Å². The van der Waals surface area contributed by atoms with Crippen LogP contribution in [-0.2, 0) is 5.92 Å². The highest BCUT2D eigenvalue weighted by Crippen LogP contribution is 2.35. The zero-order chi connectivity index (χ0) is 10.1. The topological polar surface area (TPSA) is 60.7 Å². The number of aromatic hydroxyl groups is 2. The normalized spacial score (nSPS) is 11.6. The van der Waals surface area contributed by atoms with Crippen LogP contribution in [0.4, 0.5) is 8.78 Å². The predicted octanol–water partition coefficient (Wildman–Crippen LogP) is 1.18. The van der Waals surface area contributed by atoms with E-state index in [2.05, 4.69) is 0 Å². The standard InChI is InChI=1S/C8H8F2O3/c9-8(10,4-11)6-3-5(12)1-2-7(6)13/h1-3,11-13H,4H2. The third-order valence-corrected chi connectivity index (χ3v) is 1.57. The Morgan fingerprint density at radius 3 is 2.38 bits per heavy atom. The van der Waals surface area contributed by atoms with Crippen molar-refractivity contribution in [1.29, 1.82) is 0 Å². The van der Waals surface area contributed by atoms with Gasteiger partial charge in [-0.1, -0.05) is 0 Å². The molecule has 3 N–H and O–H groups in total. The lowest BCUT2D eigenvalue weighted by Gasteiger charge is -2.14. The Morgan fingerprint density at radius 2 is 1.85 bits per heavy atom. The molecule has 0 radical (unpaired) electrons.